The Bertz CT molecular complexity index is 822. The maximum absolute atomic E-state index is 12.0. The minimum atomic E-state index is -0.675. The van der Waals surface area contributed by atoms with Gasteiger partial charge in [0.05, 0.1) is 19.8 Å². The molecule has 1 aromatic carbocycles. The SMILES string of the molecule is COC(=O)c1sc(N)c(C(=O)OC)c1COc1ccccc1C#N. The number of anilines is 1. The van der Waals surface area contributed by atoms with Crippen LogP contribution in [0.2, 0.25) is 0 Å². The predicted molar refractivity (Wildman–Crippen MR) is 86.9 cm³/mol. The third-order valence-corrected chi connectivity index (χ3v) is 4.22. The smallest absolute Gasteiger partial charge is 0.348 e. The summed E-state index contributed by atoms with van der Waals surface area (Å²) in [6.07, 6.45) is 0. The Morgan fingerprint density at radius 2 is 1.88 bits per heavy atom. The molecule has 8 heteroatoms. The first kappa shape index (κ1) is 17.3. The van der Waals surface area contributed by atoms with Crippen molar-refractivity contribution < 1.29 is 23.8 Å². The molecular weight excluding hydrogens is 332 g/mol. The molecule has 24 heavy (non-hydrogen) atoms. The van der Waals surface area contributed by atoms with Gasteiger partial charge in [0, 0.05) is 5.56 Å². The summed E-state index contributed by atoms with van der Waals surface area (Å²) in [6.45, 7) is -0.138. The number of carbonyl (C=O) groups is 2. The third-order valence-electron chi connectivity index (χ3n) is 3.17. The molecular formula is C16H14N2O5S. The summed E-state index contributed by atoms with van der Waals surface area (Å²) in [5.41, 5.74) is 6.51. The average molecular weight is 346 g/mol. The van der Waals surface area contributed by atoms with Gasteiger partial charge in [0.1, 0.15) is 33.9 Å². The van der Waals surface area contributed by atoms with Gasteiger partial charge < -0.3 is 19.9 Å². The van der Waals surface area contributed by atoms with Crippen molar-refractivity contribution in [1.29, 1.82) is 5.26 Å². The van der Waals surface area contributed by atoms with Gasteiger partial charge in [0.2, 0.25) is 0 Å². The molecule has 1 heterocycles. The highest BCUT2D eigenvalue weighted by Gasteiger charge is 2.27. The van der Waals surface area contributed by atoms with Gasteiger partial charge in [0.25, 0.3) is 0 Å². The summed E-state index contributed by atoms with van der Waals surface area (Å²) in [7, 11) is 2.44. The minimum Gasteiger partial charge on any atom is -0.487 e. The molecule has 0 aliphatic carbocycles. The number of esters is 2. The highest BCUT2D eigenvalue weighted by atomic mass is 32.1. The van der Waals surface area contributed by atoms with E-state index in [1.165, 1.54) is 14.2 Å². The fourth-order valence-corrected chi connectivity index (χ4v) is 3.02. The van der Waals surface area contributed by atoms with Gasteiger partial charge in [-0.2, -0.15) is 5.26 Å². The monoisotopic (exact) mass is 346 g/mol. The molecule has 0 saturated heterocycles. The first-order chi connectivity index (χ1) is 11.5. The summed E-state index contributed by atoms with van der Waals surface area (Å²) in [5.74, 6) is -0.975. The Kier molecular flexibility index (Phi) is 5.39. The Hall–Kier alpha value is -3.05. The van der Waals surface area contributed by atoms with Gasteiger partial charge in [-0.25, -0.2) is 9.59 Å². The average Bonchev–Trinajstić information content (AvgIpc) is 2.95. The number of benzene rings is 1. The zero-order chi connectivity index (χ0) is 17.7. The molecule has 124 valence electrons. The summed E-state index contributed by atoms with van der Waals surface area (Å²) >= 11 is 0.920. The van der Waals surface area contributed by atoms with Crippen LogP contribution in [0.25, 0.3) is 0 Å². The number of hydrogen-bond acceptors (Lipinski definition) is 8. The largest absolute Gasteiger partial charge is 0.487 e. The van der Waals surface area contributed by atoms with Crippen molar-refractivity contribution in [2.24, 2.45) is 0 Å². The van der Waals surface area contributed by atoms with Gasteiger partial charge in [-0.05, 0) is 12.1 Å². The van der Waals surface area contributed by atoms with Crippen molar-refractivity contribution >= 4 is 28.3 Å². The molecule has 0 aliphatic rings. The van der Waals surface area contributed by atoms with Gasteiger partial charge in [-0.1, -0.05) is 12.1 Å². The van der Waals surface area contributed by atoms with E-state index in [0.717, 1.165) is 11.3 Å². The van der Waals surface area contributed by atoms with Gasteiger partial charge >= 0.3 is 11.9 Å². The fourth-order valence-electron chi connectivity index (χ4n) is 2.04. The second kappa shape index (κ2) is 7.48. The van der Waals surface area contributed by atoms with Crippen molar-refractivity contribution in [3.05, 3.63) is 45.8 Å². The fraction of sp³-hybridized carbons (Fsp3) is 0.188. The van der Waals surface area contributed by atoms with Crippen LogP contribution in [0, 0.1) is 11.3 Å². The number of para-hydroxylation sites is 1. The first-order valence-electron chi connectivity index (χ1n) is 6.73. The zero-order valence-corrected chi connectivity index (χ0v) is 13.8. The van der Waals surface area contributed by atoms with E-state index < -0.39 is 11.9 Å². The van der Waals surface area contributed by atoms with Crippen LogP contribution < -0.4 is 10.5 Å². The van der Waals surface area contributed by atoms with E-state index in [2.05, 4.69) is 0 Å². The van der Waals surface area contributed by atoms with Crippen LogP contribution in [0.15, 0.2) is 24.3 Å². The summed E-state index contributed by atoms with van der Waals surface area (Å²) in [6, 6.07) is 8.63. The number of nitrogens with zero attached hydrogens (tertiary/aromatic N) is 1. The number of thiophene rings is 1. The summed E-state index contributed by atoms with van der Waals surface area (Å²) in [4.78, 5) is 24.0. The second-order valence-electron chi connectivity index (χ2n) is 4.53. The Morgan fingerprint density at radius 3 is 2.50 bits per heavy atom. The van der Waals surface area contributed by atoms with Gasteiger partial charge in [-0.15, -0.1) is 11.3 Å². The van der Waals surface area contributed by atoms with E-state index in [-0.39, 0.29) is 27.6 Å². The quantitative estimate of drug-likeness (QED) is 0.827. The number of methoxy groups -OCH3 is 2. The number of ether oxygens (including phenoxy) is 3. The maximum Gasteiger partial charge on any atom is 0.348 e. The van der Waals surface area contributed by atoms with E-state index >= 15 is 0 Å². The molecule has 0 fully saturated rings. The topological polar surface area (TPSA) is 112 Å². The van der Waals surface area contributed by atoms with E-state index in [4.69, 9.17) is 25.2 Å². The molecule has 0 atom stereocenters. The number of hydrogen-bond donors (Lipinski definition) is 1. The Labute approximate surface area is 142 Å². The van der Waals surface area contributed by atoms with E-state index in [0.29, 0.717) is 11.3 Å². The van der Waals surface area contributed by atoms with Crippen molar-refractivity contribution in [3.63, 3.8) is 0 Å². The number of carbonyl (C=O) groups excluding carboxylic acids is 2. The first-order valence-corrected chi connectivity index (χ1v) is 7.54. The van der Waals surface area contributed by atoms with E-state index in [1.807, 2.05) is 6.07 Å². The summed E-state index contributed by atoms with van der Waals surface area (Å²) < 4.78 is 15.0. The molecule has 0 spiro atoms. The highest BCUT2D eigenvalue weighted by molar-refractivity contribution is 7.18. The highest BCUT2D eigenvalue weighted by Crippen LogP contribution is 2.33. The number of nitrogen functional groups attached to an aromatic ring is 1. The number of nitrogens with two attached hydrogens (primary N) is 1. The van der Waals surface area contributed by atoms with Crippen LogP contribution in [0.3, 0.4) is 0 Å². The number of nitriles is 1. The van der Waals surface area contributed by atoms with Crippen LogP contribution in [0.5, 0.6) is 5.75 Å². The Morgan fingerprint density at radius 1 is 1.21 bits per heavy atom. The van der Waals surface area contributed by atoms with E-state index in [1.54, 1.807) is 24.3 Å². The lowest BCUT2D eigenvalue weighted by Crippen LogP contribution is -2.11. The Balaban J connectivity index is 2.42. The third kappa shape index (κ3) is 3.31. The van der Waals surface area contributed by atoms with Crippen LogP contribution in [-0.4, -0.2) is 26.2 Å². The summed E-state index contributed by atoms with van der Waals surface area (Å²) in [5, 5.41) is 9.22. The molecule has 1 aromatic heterocycles. The molecule has 0 aliphatic heterocycles. The van der Waals surface area contributed by atoms with Crippen molar-refractivity contribution in [3.8, 4) is 11.8 Å². The molecule has 0 saturated carbocycles. The van der Waals surface area contributed by atoms with Crippen molar-refractivity contribution in [1.82, 2.24) is 0 Å². The minimum absolute atomic E-state index is 0.0670. The molecule has 2 N–H and O–H groups in total. The van der Waals surface area contributed by atoms with Crippen molar-refractivity contribution in [2.45, 2.75) is 6.61 Å². The van der Waals surface area contributed by atoms with Crippen LogP contribution in [0.1, 0.15) is 31.2 Å². The predicted octanol–water partition coefficient (Wildman–Crippen LogP) is 2.35. The molecule has 0 unspecified atom stereocenters. The van der Waals surface area contributed by atoms with Crippen molar-refractivity contribution in [2.75, 3.05) is 20.0 Å². The zero-order valence-electron chi connectivity index (χ0n) is 13.0. The maximum atomic E-state index is 12.0. The molecule has 2 rings (SSSR count). The van der Waals surface area contributed by atoms with Gasteiger partial charge in [0.15, 0.2) is 0 Å². The molecule has 0 bridgehead atoms. The molecule has 2 aromatic rings. The lowest BCUT2D eigenvalue weighted by atomic mass is 10.1. The van der Waals surface area contributed by atoms with Gasteiger partial charge in [-0.3, -0.25) is 0 Å². The lowest BCUT2D eigenvalue weighted by molar-refractivity contribution is 0.0599. The standard InChI is InChI=1S/C16H14N2O5S/c1-21-15(19)12-10(13(16(20)22-2)24-14(12)18)8-23-11-6-4-3-5-9(11)7-17/h3-6H,8,18H2,1-2H3. The van der Waals surface area contributed by atoms with Crippen LogP contribution in [0.4, 0.5) is 5.00 Å². The number of rotatable bonds is 5. The second-order valence-corrected chi connectivity index (χ2v) is 5.58. The normalized spacial score (nSPS) is 9.88. The van der Waals surface area contributed by atoms with Crippen LogP contribution in [-0.2, 0) is 16.1 Å². The van der Waals surface area contributed by atoms with Crippen LogP contribution >= 0.6 is 11.3 Å². The molecule has 0 radical (unpaired) electrons. The molecule has 7 nitrogen and oxygen atoms in total. The lowest BCUT2D eigenvalue weighted by Gasteiger charge is -2.10. The molecule has 0 amide bonds. The van der Waals surface area contributed by atoms with E-state index in [9.17, 15) is 9.59 Å².